The number of amides is 1. The summed E-state index contributed by atoms with van der Waals surface area (Å²) in [4.78, 5) is 27.3. The number of carbonyl (C=O) groups excluding carboxylic acids is 2. The van der Waals surface area contributed by atoms with E-state index >= 15 is 0 Å². The average molecular weight is 334 g/mol. The summed E-state index contributed by atoms with van der Waals surface area (Å²) in [6.07, 6.45) is 2.98. The molecule has 0 saturated heterocycles. The van der Waals surface area contributed by atoms with E-state index in [1.165, 1.54) is 29.5 Å². The van der Waals surface area contributed by atoms with Crippen molar-refractivity contribution in [2.45, 2.75) is 13.3 Å². The van der Waals surface area contributed by atoms with Crippen LogP contribution in [0.25, 0.3) is 6.08 Å². The first-order valence-electron chi connectivity index (χ1n) is 6.91. The van der Waals surface area contributed by atoms with Crippen LogP contribution in [0, 0.1) is 5.82 Å². The van der Waals surface area contributed by atoms with Crippen molar-refractivity contribution in [3.05, 3.63) is 52.8 Å². The van der Waals surface area contributed by atoms with Gasteiger partial charge in [0.15, 0.2) is 5.13 Å². The average Bonchev–Trinajstić information content (AvgIpc) is 2.94. The first-order chi connectivity index (χ1) is 11.1. The second-order valence-electron chi connectivity index (χ2n) is 4.50. The minimum Gasteiger partial charge on any atom is -0.466 e. The molecule has 0 aliphatic heterocycles. The molecular formula is C16H15FN2O3S. The van der Waals surface area contributed by atoms with E-state index in [4.69, 9.17) is 4.74 Å². The molecule has 0 radical (unpaired) electrons. The second-order valence-corrected chi connectivity index (χ2v) is 5.36. The number of nitrogens with one attached hydrogen (secondary N) is 1. The smallest absolute Gasteiger partial charge is 0.311 e. The first kappa shape index (κ1) is 16.8. The highest BCUT2D eigenvalue weighted by atomic mass is 32.1. The van der Waals surface area contributed by atoms with Gasteiger partial charge in [-0.25, -0.2) is 9.37 Å². The van der Waals surface area contributed by atoms with E-state index in [-0.39, 0.29) is 24.1 Å². The van der Waals surface area contributed by atoms with Gasteiger partial charge in [0.05, 0.1) is 18.7 Å². The second kappa shape index (κ2) is 8.19. The molecule has 5 nitrogen and oxygen atoms in total. The van der Waals surface area contributed by atoms with Crippen LogP contribution >= 0.6 is 11.3 Å². The van der Waals surface area contributed by atoms with Crippen molar-refractivity contribution >= 4 is 34.4 Å². The Kier molecular flexibility index (Phi) is 5.99. The van der Waals surface area contributed by atoms with Crippen LogP contribution in [-0.4, -0.2) is 23.5 Å². The number of nitrogens with zero attached hydrogens (tertiary/aromatic N) is 1. The van der Waals surface area contributed by atoms with Crippen LogP contribution in [0.3, 0.4) is 0 Å². The van der Waals surface area contributed by atoms with Crippen molar-refractivity contribution in [1.82, 2.24) is 4.98 Å². The monoisotopic (exact) mass is 334 g/mol. The van der Waals surface area contributed by atoms with Gasteiger partial charge >= 0.3 is 5.97 Å². The number of benzene rings is 1. The van der Waals surface area contributed by atoms with Crippen molar-refractivity contribution in [3.8, 4) is 0 Å². The molecule has 0 spiro atoms. The number of thiazole rings is 1. The van der Waals surface area contributed by atoms with Crippen molar-refractivity contribution in [1.29, 1.82) is 0 Å². The maximum atomic E-state index is 12.8. The van der Waals surface area contributed by atoms with Crippen LogP contribution < -0.4 is 5.32 Å². The Morgan fingerprint density at radius 3 is 2.78 bits per heavy atom. The molecule has 0 aliphatic rings. The maximum absolute atomic E-state index is 12.8. The van der Waals surface area contributed by atoms with Gasteiger partial charge in [-0.05, 0) is 30.7 Å². The van der Waals surface area contributed by atoms with Crippen LogP contribution in [0.5, 0.6) is 0 Å². The number of rotatable bonds is 6. The number of hydrogen-bond donors (Lipinski definition) is 1. The van der Waals surface area contributed by atoms with Crippen molar-refractivity contribution in [2.24, 2.45) is 0 Å². The van der Waals surface area contributed by atoms with Gasteiger partial charge in [0.1, 0.15) is 5.82 Å². The zero-order valence-electron chi connectivity index (χ0n) is 12.4. The highest BCUT2D eigenvalue weighted by Crippen LogP contribution is 2.16. The molecule has 2 aromatic rings. The van der Waals surface area contributed by atoms with Gasteiger partial charge in [-0.2, -0.15) is 0 Å². The van der Waals surface area contributed by atoms with E-state index in [1.807, 2.05) is 0 Å². The number of ether oxygens (including phenoxy) is 1. The molecule has 0 atom stereocenters. The summed E-state index contributed by atoms with van der Waals surface area (Å²) in [5.74, 6) is -1.04. The summed E-state index contributed by atoms with van der Waals surface area (Å²) in [5, 5.41) is 4.70. The number of hydrogen-bond acceptors (Lipinski definition) is 5. The fourth-order valence-corrected chi connectivity index (χ4v) is 2.41. The molecule has 2 rings (SSSR count). The van der Waals surface area contributed by atoms with E-state index in [9.17, 15) is 14.0 Å². The maximum Gasteiger partial charge on any atom is 0.311 e. The lowest BCUT2D eigenvalue weighted by Crippen LogP contribution is -2.09. The van der Waals surface area contributed by atoms with Gasteiger partial charge in [0.25, 0.3) is 0 Å². The SMILES string of the molecule is CCOC(=O)Cc1csc(NC(=O)C=Cc2ccc(F)cc2)n1. The van der Waals surface area contributed by atoms with E-state index < -0.39 is 0 Å². The molecule has 0 aliphatic carbocycles. The zero-order valence-corrected chi connectivity index (χ0v) is 13.2. The number of esters is 1. The van der Waals surface area contributed by atoms with Crippen LogP contribution in [0.4, 0.5) is 9.52 Å². The predicted octanol–water partition coefficient (Wildman–Crippen LogP) is 3.04. The molecule has 1 heterocycles. The highest BCUT2D eigenvalue weighted by molar-refractivity contribution is 7.14. The molecule has 1 aromatic carbocycles. The van der Waals surface area contributed by atoms with Gasteiger partial charge in [-0.3, -0.25) is 14.9 Å². The Bertz CT molecular complexity index is 710. The Balaban J connectivity index is 1.89. The number of halogens is 1. The van der Waals surface area contributed by atoms with Crippen LogP contribution in [-0.2, 0) is 20.7 Å². The summed E-state index contributed by atoms with van der Waals surface area (Å²) in [6.45, 7) is 2.05. The fourth-order valence-electron chi connectivity index (χ4n) is 1.70. The first-order valence-corrected chi connectivity index (χ1v) is 7.79. The van der Waals surface area contributed by atoms with Crippen LogP contribution in [0.1, 0.15) is 18.2 Å². The Morgan fingerprint density at radius 2 is 2.09 bits per heavy atom. The molecule has 0 unspecified atom stereocenters. The normalized spacial score (nSPS) is 10.7. The molecule has 1 N–H and O–H groups in total. The van der Waals surface area contributed by atoms with Gasteiger partial charge in [-0.15, -0.1) is 11.3 Å². The number of anilines is 1. The zero-order chi connectivity index (χ0) is 16.7. The summed E-state index contributed by atoms with van der Waals surface area (Å²) in [7, 11) is 0. The third kappa shape index (κ3) is 5.63. The van der Waals surface area contributed by atoms with Crippen molar-refractivity contribution in [3.63, 3.8) is 0 Å². The largest absolute Gasteiger partial charge is 0.466 e. The van der Waals surface area contributed by atoms with Crippen LogP contribution in [0.2, 0.25) is 0 Å². The van der Waals surface area contributed by atoms with E-state index in [0.717, 1.165) is 0 Å². The molecule has 0 saturated carbocycles. The summed E-state index contributed by atoms with van der Waals surface area (Å²) in [5.41, 5.74) is 1.26. The minimum atomic E-state index is -0.355. The van der Waals surface area contributed by atoms with Gasteiger partial charge in [0.2, 0.25) is 5.91 Å². The minimum absolute atomic E-state index is 0.0750. The molecular weight excluding hydrogens is 319 g/mol. The quantitative estimate of drug-likeness (QED) is 0.651. The molecule has 23 heavy (non-hydrogen) atoms. The number of carbonyl (C=O) groups is 2. The van der Waals surface area contributed by atoms with Crippen molar-refractivity contribution < 1.29 is 18.7 Å². The predicted molar refractivity (Wildman–Crippen MR) is 86.5 cm³/mol. The van der Waals surface area contributed by atoms with Gasteiger partial charge < -0.3 is 4.74 Å². The molecule has 0 fully saturated rings. The molecule has 1 aromatic heterocycles. The third-order valence-corrected chi connectivity index (χ3v) is 3.52. The lowest BCUT2D eigenvalue weighted by atomic mass is 10.2. The lowest BCUT2D eigenvalue weighted by Gasteiger charge is -1.98. The Hall–Kier alpha value is -2.54. The molecule has 7 heteroatoms. The van der Waals surface area contributed by atoms with E-state index in [2.05, 4.69) is 10.3 Å². The van der Waals surface area contributed by atoms with Gasteiger partial charge in [-0.1, -0.05) is 12.1 Å². The summed E-state index contributed by atoms with van der Waals surface area (Å²) < 4.78 is 17.6. The topological polar surface area (TPSA) is 68.3 Å². The van der Waals surface area contributed by atoms with E-state index in [1.54, 1.807) is 30.5 Å². The van der Waals surface area contributed by atoms with Gasteiger partial charge in [0, 0.05) is 11.5 Å². The molecule has 1 amide bonds. The van der Waals surface area contributed by atoms with Crippen molar-refractivity contribution in [2.75, 3.05) is 11.9 Å². The lowest BCUT2D eigenvalue weighted by molar-refractivity contribution is -0.142. The van der Waals surface area contributed by atoms with Crippen LogP contribution in [0.15, 0.2) is 35.7 Å². The van der Waals surface area contributed by atoms with E-state index in [0.29, 0.717) is 23.0 Å². The molecule has 120 valence electrons. The fraction of sp³-hybridized carbons (Fsp3) is 0.188. The highest BCUT2D eigenvalue weighted by Gasteiger charge is 2.09. The molecule has 0 bridgehead atoms. The summed E-state index contributed by atoms with van der Waals surface area (Å²) >= 11 is 1.23. The third-order valence-electron chi connectivity index (χ3n) is 2.71. The standard InChI is InChI=1S/C16H15FN2O3S/c1-2-22-15(21)9-13-10-23-16(18-13)19-14(20)8-5-11-3-6-12(17)7-4-11/h3-8,10H,2,9H2,1H3,(H,18,19,20). The Morgan fingerprint density at radius 1 is 1.35 bits per heavy atom. The summed E-state index contributed by atoms with van der Waals surface area (Å²) in [6, 6.07) is 5.78. The number of aromatic nitrogens is 1. The Labute approximate surface area is 136 Å².